The largest absolute Gasteiger partial charge is 0.387 e. The van der Waals surface area contributed by atoms with Crippen molar-refractivity contribution in [3.8, 4) is 6.07 Å². The Morgan fingerprint density at radius 3 is 2.27 bits per heavy atom. The monoisotopic (exact) mass is 553 g/mol. The average molecular weight is 554 g/mol. The molecule has 8 nitrogen and oxygen atoms in total. The van der Waals surface area contributed by atoms with E-state index in [4.69, 9.17) is 11.1 Å². The van der Waals surface area contributed by atoms with Crippen LogP contribution in [0.2, 0.25) is 0 Å². The van der Waals surface area contributed by atoms with Crippen molar-refractivity contribution >= 4 is 17.4 Å². The molecule has 2 aromatic carbocycles. The van der Waals surface area contributed by atoms with Gasteiger partial charge in [-0.25, -0.2) is 0 Å². The van der Waals surface area contributed by atoms with E-state index in [1.54, 1.807) is 19.0 Å². The van der Waals surface area contributed by atoms with Crippen LogP contribution < -0.4 is 11.1 Å². The second-order valence-electron chi connectivity index (χ2n) is 11.6. The van der Waals surface area contributed by atoms with E-state index in [0.29, 0.717) is 25.1 Å². The molecule has 1 aliphatic carbocycles. The third-order valence-corrected chi connectivity index (χ3v) is 8.59. The Morgan fingerprint density at radius 2 is 1.71 bits per heavy atom. The van der Waals surface area contributed by atoms with E-state index < -0.39 is 5.41 Å². The second-order valence-corrected chi connectivity index (χ2v) is 11.6. The molecule has 4 rings (SSSR count). The van der Waals surface area contributed by atoms with Crippen molar-refractivity contribution in [3.05, 3.63) is 88.6 Å². The Balaban J connectivity index is 1.72. The Kier molecular flexibility index (Phi) is 8.89. The van der Waals surface area contributed by atoms with E-state index >= 15 is 0 Å². The fourth-order valence-corrected chi connectivity index (χ4v) is 6.26. The summed E-state index contributed by atoms with van der Waals surface area (Å²) in [5.74, 6) is 0.0304. The predicted molar refractivity (Wildman–Crippen MR) is 166 cm³/mol. The minimum atomic E-state index is -0.865. The normalized spacial score (nSPS) is 19.4. The molecule has 0 aromatic heterocycles. The lowest BCUT2D eigenvalue weighted by molar-refractivity contribution is 0.0827. The minimum absolute atomic E-state index is 0.0506. The molecule has 2 aromatic rings. The summed E-state index contributed by atoms with van der Waals surface area (Å²) in [6.07, 6.45) is 3.93. The number of carbonyl (C=O) groups is 1. The summed E-state index contributed by atoms with van der Waals surface area (Å²) < 4.78 is 0. The van der Waals surface area contributed by atoms with Gasteiger partial charge in [0.1, 0.15) is 11.9 Å². The number of amides is 1. The van der Waals surface area contributed by atoms with Crippen molar-refractivity contribution < 1.29 is 4.79 Å². The summed E-state index contributed by atoms with van der Waals surface area (Å²) in [5, 5.41) is 22.0. The number of hydrogen-bond acceptors (Lipinski definition) is 6. The molecule has 216 valence electrons. The summed E-state index contributed by atoms with van der Waals surface area (Å²) in [4.78, 5) is 18.5. The predicted octanol–water partition coefficient (Wildman–Crippen LogP) is 3.72. The molecule has 0 radical (unpaired) electrons. The van der Waals surface area contributed by atoms with Gasteiger partial charge < -0.3 is 25.8 Å². The van der Waals surface area contributed by atoms with E-state index in [0.717, 1.165) is 71.4 Å². The number of rotatable bonds is 10. The molecule has 41 heavy (non-hydrogen) atoms. The third kappa shape index (κ3) is 5.73. The molecule has 0 saturated carbocycles. The SMILES string of the molecule is C=C(c1ccc2c(c1)CCc1cc(C(=O)N(C)C)ccc1C2(CCNCC(=C)N1CCCC1C#N)C(=N)N)N(C)C. The van der Waals surface area contributed by atoms with Crippen LogP contribution in [0.1, 0.15) is 57.4 Å². The van der Waals surface area contributed by atoms with Gasteiger partial charge in [-0.3, -0.25) is 10.2 Å². The van der Waals surface area contributed by atoms with Gasteiger partial charge >= 0.3 is 0 Å². The van der Waals surface area contributed by atoms with Gasteiger partial charge in [-0.15, -0.1) is 0 Å². The fourth-order valence-electron chi connectivity index (χ4n) is 6.26. The highest BCUT2D eigenvalue weighted by Crippen LogP contribution is 2.43. The van der Waals surface area contributed by atoms with Gasteiger partial charge in [0.05, 0.1) is 11.5 Å². The smallest absolute Gasteiger partial charge is 0.253 e. The molecule has 2 unspecified atom stereocenters. The van der Waals surface area contributed by atoms with Crippen LogP contribution in [0.3, 0.4) is 0 Å². The number of aryl methyl sites for hydroxylation is 2. The maximum Gasteiger partial charge on any atom is 0.253 e. The standard InChI is InChI=1S/C33H43N7O/c1-22(40-17-7-8-28(40)20-34)21-37-16-15-33(32(35)36)29-13-11-24(23(2)38(3)4)18-25(29)9-10-26-19-27(12-14-30(26)33)31(41)39(5)6/h11-14,18-19,28,37H,1-2,7-10,15-17,21H2,3-6H3,(H3,35,36). The van der Waals surface area contributed by atoms with E-state index in [-0.39, 0.29) is 17.8 Å². The lowest BCUT2D eigenvalue weighted by Gasteiger charge is -2.36. The first kappa shape index (κ1) is 29.9. The number of hydrogen-bond donors (Lipinski definition) is 3. The Labute approximate surface area is 244 Å². The summed E-state index contributed by atoms with van der Waals surface area (Å²) in [7, 11) is 7.47. The fraction of sp³-hybridized carbons (Fsp3) is 0.424. The molecule has 4 N–H and O–H groups in total. The van der Waals surface area contributed by atoms with Crippen molar-refractivity contribution in [1.82, 2.24) is 20.0 Å². The molecule has 1 amide bonds. The number of nitrogens with one attached hydrogen (secondary N) is 2. The number of likely N-dealkylation sites (tertiary alicyclic amines) is 1. The maximum atomic E-state index is 12.8. The van der Waals surface area contributed by atoms with Crippen molar-refractivity contribution in [2.75, 3.05) is 47.8 Å². The van der Waals surface area contributed by atoms with Crippen molar-refractivity contribution in [1.29, 1.82) is 10.7 Å². The number of amidine groups is 1. The number of nitrogens with two attached hydrogens (primary N) is 1. The van der Waals surface area contributed by atoms with Gasteiger partial charge in [-0.05, 0) is 84.7 Å². The third-order valence-electron chi connectivity index (χ3n) is 8.59. The molecule has 1 saturated heterocycles. The van der Waals surface area contributed by atoms with Crippen LogP contribution in [0.4, 0.5) is 0 Å². The first-order chi connectivity index (χ1) is 19.5. The Morgan fingerprint density at radius 1 is 1.10 bits per heavy atom. The molecule has 1 heterocycles. The lowest BCUT2D eigenvalue weighted by atomic mass is 9.69. The van der Waals surface area contributed by atoms with Gasteiger partial charge in [0, 0.05) is 58.2 Å². The van der Waals surface area contributed by atoms with Gasteiger partial charge in [-0.2, -0.15) is 5.26 Å². The minimum Gasteiger partial charge on any atom is -0.387 e. The zero-order valence-corrected chi connectivity index (χ0v) is 24.9. The quantitative estimate of drug-likeness (QED) is 0.235. The van der Waals surface area contributed by atoms with Crippen LogP contribution in [-0.4, -0.2) is 80.3 Å². The molecule has 0 bridgehead atoms. The van der Waals surface area contributed by atoms with Gasteiger partial charge in [0.15, 0.2) is 0 Å². The first-order valence-electron chi connectivity index (χ1n) is 14.3. The van der Waals surface area contributed by atoms with Crippen molar-refractivity contribution in [3.63, 3.8) is 0 Å². The molecule has 1 fully saturated rings. The molecule has 8 heteroatoms. The van der Waals surface area contributed by atoms with Gasteiger partial charge in [0.2, 0.25) is 0 Å². The van der Waals surface area contributed by atoms with E-state index in [1.807, 2.05) is 37.2 Å². The van der Waals surface area contributed by atoms with Crippen LogP contribution in [0.25, 0.3) is 5.70 Å². The van der Waals surface area contributed by atoms with E-state index in [9.17, 15) is 10.1 Å². The topological polar surface area (TPSA) is 112 Å². The van der Waals surface area contributed by atoms with Crippen LogP contribution in [-0.2, 0) is 18.3 Å². The Bertz CT molecular complexity index is 1330. The maximum absolute atomic E-state index is 12.8. The van der Waals surface area contributed by atoms with E-state index in [1.165, 1.54) is 0 Å². The van der Waals surface area contributed by atoms with Crippen LogP contribution >= 0.6 is 0 Å². The number of carbonyl (C=O) groups excluding carboxylic acids is 1. The number of benzene rings is 2. The van der Waals surface area contributed by atoms with Crippen LogP contribution in [0.5, 0.6) is 0 Å². The van der Waals surface area contributed by atoms with Crippen molar-refractivity contribution in [2.45, 2.75) is 43.6 Å². The number of nitriles is 1. The summed E-state index contributed by atoms with van der Waals surface area (Å²) >= 11 is 0. The number of fused-ring (bicyclic) bond motifs is 2. The zero-order valence-electron chi connectivity index (χ0n) is 24.9. The lowest BCUT2D eigenvalue weighted by Crippen LogP contribution is -2.45. The molecular formula is C33H43N7O. The zero-order chi connectivity index (χ0) is 29.9. The van der Waals surface area contributed by atoms with E-state index in [2.05, 4.69) is 47.6 Å². The molecule has 2 atom stereocenters. The van der Waals surface area contributed by atoms with Gasteiger partial charge in [0.25, 0.3) is 5.91 Å². The second kappa shape index (κ2) is 12.2. The van der Waals surface area contributed by atoms with Crippen molar-refractivity contribution in [2.24, 2.45) is 5.73 Å². The summed E-state index contributed by atoms with van der Waals surface area (Å²) in [5.41, 5.74) is 13.4. The highest BCUT2D eigenvalue weighted by atomic mass is 16.2. The Hall–Kier alpha value is -4.09. The van der Waals surface area contributed by atoms with Crippen LogP contribution in [0, 0.1) is 16.7 Å². The average Bonchev–Trinajstić information content (AvgIpc) is 3.39. The summed E-state index contributed by atoms with van der Waals surface area (Å²) in [6.45, 7) is 10.5. The first-order valence-corrected chi connectivity index (χ1v) is 14.3. The van der Waals surface area contributed by atoms with Gasteiger partial charge in [-0.1, -0.05) is 31.4 Å². The number of nitrogens with zero attached hydrogens (tertiary/aromatic N) is 4. The molecular weight excluding hydrogens is 510 g/mol. The molecule has 2 aliphatic rings. The van der Waals surface area contributed by atoms with Crippen LogP contribution in [0.15, 0.2) is 55.3 Å². The summed E-state index contributed by atoms with van der Waals surface area (Å²) in [6, 6.07) is 14.5. The molecule has 0 spiro atoms. The highest BCUT2D eigenvalue weighted by molar-refractivity contribution is 5.97. The highest BCUT2D eigenvalue weighted by Gasteiger charge is 2.42. The molecule has 1 aliphatic heterocycles.